The molecule has 100 valence electrons. The topological polar surface area (TPSA) is 60.8 Å². The van der Waals surface area contributed by atoms with E-state index in [1.54, 1.807) is 0 Å². The minimum atomic E-state index is -0.832. The van der Waals surface area contributed by atoms with Gasteiger partial charge in [-0.2, -0.15) is 0 Å². The fourth-order valence-electron chi connectivity index (χ4n) is 2.49. The van der Waals surface area contributed by atoms with Gasteiger partial charge in [0.2, 0.25) is 0 Å². The molecule has 0 saturated heterocycles. The molecule has 4 nitrogen and oxygen atoms in total. The molecule has 0 aromatic heterocycles. The van der Waals surface area contributed by atoms with E-state index in [1.165, 1.54) is 4.90 Å². The highest BCUT2D eigenvalue weighted by atomic mass is 16.4. The van der Waals surface area contributed by atoms with E-state index >= 15 is 0 Å². The highest BCUT2D eigenvalue weighted by Gasteiger charge is 2.30. The summed E-state index contributed by atoms with van der Waals surface area (Å²) in [6.07, 6.45) is 3.29. The maximum Gasteiger partial charge on any atom is 0.407 e. The SMILES string of the molecule is CC(C)(C)N(C[C@H]1CC[C@H](CO)CC1)C(=O)O. The second kappa shape index (κ2) is 5.71. The summed E-state index contributed by atoms with van der Waals surface area (Å²) in [4.78, 5) is 12.8. The summed E-state index contributed by atoms with van der Waals surface area (Å²) in [5, 5.41) is 18.3. The summed E-state index contributed by atoms with van der Waals surface area (Å²) < 4.78 is 0. The molecule has 0 atom stereocenters. The molecule has 0 aromatic carbocycles. The van der Waals surface area contributed by atoms with Gasteiger partial charge in [-0.3, -0.25) is 0 Å². The van der Waals surface area contributed by atoms with Crippen molar-refractivity contribution in [3.8, 4) is 0 Å². The van der Waals surface area contributed by atoms with Crippen molar-refractivity contribution < 1.29 is 15.0 Å². The summed E-state index contributed by atoms with van der Waals surface area (Å²) in [5.74, 6) is 0.882. The fraction of sp³-hybridized carbons (Fsp3) is 0.923. The van der Waals surface area contributed by atoms with E-state index in [2.05, 4.69) is 0 Å². The first-order valence-electron chi connectivity index (χ1n) is 6.46. The van der Waals surface area contributed by atoms with Crippen LogP contribution >= 0.6 is 0 Å². The molecule has 0 unspecified atom stereocenters. The van der Waals surface area contributed by atoms with Gasteiger partial charge in [-0.05, 0) is 58.3 Å². The molecule has 0 aromatic rings. The van der Waals surface area contributed by atoms with Crippen molar-refractivity contribution >= 4 is 6.09 Å². The van der Waals surface area contributed by atoms with Gasteiger partial charge >= 0.3 is 6.09 Å². The lowest BCUT2D eigenvalue weighted by molar-refractivity contribution is 0.0755. The zero-order valence-corrected chi connectivity index (χ0v) is 11.1. The normalized spacial score (nSPS) is 25.6. The number of rotatable bonds is 3. The van der Waals surface area contributed by atoms with Gasteiger partial charge < -0.3 is 15.1 Å². The van der Waals surface area contributed by atoms with Gasteiger partial charge in [0.1, 0.15) is 0 Å². The van der Waals surface area contributed by atoms with E-state index in [1.807, 2.05) is 20.8 Å². The van der Waals surface area contributed by atoms with Crippen molar-refractivity contribution in [3.63, 3.8) is 0 Å². The molecule has 1 saturated carbocycles. The van der Waals surface area contributed by atoms with Crippen LogP contribution in [0.3, 0.4) is 0 Å². The molecule has 1 amide bonds. The molecule has 1 aliphatic rings. The number of amides is 1. The van der Waals surface area contributed by atoms with E-state index in [4.69, 9.17) is 5.11 Å². The van der Waals surface area contributed by atoms with Crippen LogP contribution in [0.5, 0.6) is 0 Å². The zero-order valence-electron chi connectivity index (χ0n) is 11.1. The molecule has 0 spiro atoms. The van der Waals surface area contributed by atoms with E-state index < -0.39 is 6.09 Å². The van der Waals surface area contributed by atoms with E-state index in [-0.39, 0.29) is 12.1 Å². The van der Waals surface area contributed by atoms with E-state index in [0.29, 0.717) is 18.4 Å². The van der Waals surface area contributed by atoms with Crippen molar-refractivity contribution in [2.24, 2.45) is 11.8 Å². The molecule has 0 aliphatic heterocycles. The van der Waals surface area contributed by atoms with Crippen molar-refractivity contribution in [3.05, 3.63) is 0 Å². The van der Waals surface area contributed by atoms with Crippen LogP contribution in [0.2, 0.25) is 0 Å². The minimum absolute atomic E-state index is 0.272. The number of carboxylic acid groups (broad SMARTS) is 1. The average molecular weight is 243 g/mol. The van der Waals surface area contributed by atoms with Gasteiger partial charge in [-0.15, -0.1) is 0 Å². The first-order valence-corrected chi connectivity index (χ1v) is 6.46. The second-order valence-electron chi connectivity index (χ2n) is 6.13. The van der Waals surface area contributed by atoms with Crippen LogP contribution in [-0.2, 0) is 0 Å². The van der Waals surface area contributed by atoms with Crippen LogP contribution in [0, 0.1) is 11.8 Å². The Bertz CT molecular complexity index is 252. The molecule has 17 heavy (non-hydrogen) atoms. The molecule has 0 radical (unpaired) electrons. The van der Waals surface area contributed by atoms with Gasteiger partial charge in [0, 0.05) is 18.7 Å². The average Bonchev–Trinajstić information content (AvgIpc) is 2.24. The Hall–Kier alpha value is -0.770. The number of aliphatic hydroxyl groups is 1. The Balaban J connectivity index is 2.50. The van der Waals surface area contributed by atoms with Gasteiger partial charge in [0.05, 0.1) is 0 Å². The largest absolute Gasteiger partial charge is 0.465 e. The molecule has 2 N–H and O–H groups in total. The van der Waals surface area contributed by atoms with Crippen molar-refractivity contribution in [1.29, 1.82) is 0 Å². The van der Waals surface area contributed by atoms with Gasteiger partial charge in [0.15, 0.2) is 0 Å². The Morgan fingerprint density at radius 3 is 2.00 bits per heavy atom. The number of hydrogen-bond donors (Lipinski definition) is 2. The lowest BCUT2D eigenvalue weighted by Gasteiger charge is -2.37. The van der Waals surface area contributed by atoms with Crippen molar-refractivity contribution in [2.45, 2.75) is 52.0 Å². The third kappa shape index (κ3) is 4.19. The second-order valence-corrected chi connectivity index (χ2v) is 6.13. The first kappa shape index (κ1) is 14.3. The van der Waals surface area contributed by atoms with Crippen LogP contribution in [0.1, 0.15) is 46.5 Å². The van der Waals surface area contributed by atoms with Crippen molar-refractivity contribution in [1.82, 2.24) is 4.90 Å². The number of nitrogens with zero attached hydrogens (tertiary/aromatic N) is 1. The van der Waals surface area contributed by atoms with E-state index in [9.17, 15) is 9.90 Å². The highest BCUT2D eigenvalue weighted by molar-refractivity contribution is 5.66. The third-order valence-corrected chi connectivity index (χ3v) is 3.71. The van der Waals surface area contributed by atoms with Crippen molar-refractivity contribution in [2.75, 3.05) is 13.2 Å². The number of aliphatic hydroxyl groups excluding tert-OH is 1. The van der Waals surface area contributed by atoms with Gasteiger partial charge in [-0.25, -0.2) is 4.79 Å². The van der Waals surface area contributed by atoms with Gasteiger partial charge in [0.25, 0.3) is 0 Å². The number of carbonyl (C=O) groups is 1. The molecule has 1 fully saturated rings. The fourth-order valence-corrected chi connectivity index (χ4v) is 2.49. The molecular weight excluding hydrogens is 218 g/mol. The maximum atomic E-state index is 11.2. The lowest BCUT2D eigenvalue weighted by atomic mass is 9.82. The Labute approximate surface area is 104 Å². The summed E-state index contributed by atoms with van der Waals surface area (Å²) in [7, 11) is 0. The zero-order chi connectivity index (χ0) is 13.1. The predicted molar refractivity (Wildman–Crippen MR) is 67.0 cm³/mol. The third-order valence-electron chi connectivity index (χ3n) is 3.71. The van der Waals surface area contributed by atoms with Crippen LogP contribution in [0.15, 0.2) is 0 Å². The summed E-state index contributed by atoms with van der Waals surface area (Å²) in [6, 6.07) is 0. The molecule has 4 heteroatoms. The monoisotopic (exact) mass is 243 g/mol. The van der Waals surface area contributed by atoms with Gasteiger partial charge in [-0.1, -0.05) is 0 Å². The maximum absolute atomic E-state index is 11.2. The number of hydrogen-bond acceptors (Lipinski definition) is 2. The summed E-state index contributed by atoms with van der Waals surface area (Å²) in [5.41, 5.74) is -0.334. The Kier molecular flexibility index (Phi) is 4.80. The summed E-state index contributed by atoms with van der Waals surface area (Å²) in [6.45, 7) is 6.69. The lowest BCUT2D eigenvalue weighted by Crippen LogP contribution is -2.47. The molecule has 0 heterocycles. The first-order chi connectivity index (χ1) is 7.84. The predicted octanol–water partition coefficient (Wildman–Crippen LogP) is 2.56. The Morgan fingerprint density at radius 1 is 1.18 bits per heavy atom. The highest BCUT2D eigenvalue weighted by Crippen LogP contribution is 2.30. The standard InChI is InChI=1S/C13H25NO3/c1-13(2,3)14(12(16)17)8-10-4-6-11(9-15)7-5-10/h10-11,15H,4-9H2,1-3H3,(H,16,17)/t10-,11-. The van der Waals surface area contributed by atoms with Crippen LogP contribution < -0.4 is 0 Å². The quantitative estimate of drug-likeness (QED) is 0.801. The molecule has 1 aliphatic carbocycles. The van der Waals surface area contributed by atoms with Crippen LogP contribution in [0.4, 0.5) is 4.79 Å². The molecule has 1 rings (SSSR count). The Morgan fingerprint density at radius 2 is 1.65 bits per heavy atom. The molecule has 0 bridgehead atoms. The minimum Gasteiger partial charge on any atom is -0.465 e. The van der Waals surface area contributed by atoms with Crippen LogP contribution in [-0.4, -0.2) is 39.9 Å². The van der Waals surface area contributed by atoms with E-state index in [0.717, 1.165) is 25.7 Å². The van der Waals surface area contributed by atoms with Crippen LogP contribution in [0.25, 0.3) is 0 Å². The molecular formula is C13H25NO3. The smallest absolute Gasteiger partial charge is 0.407 e. The summed E-state index contributed by atoms with van der Waals surface area (Å²) >= 11 is 0.